The van der Waals surface area contributed by atoms with Gasteiger partial charge >= 0.3 is 39.2 Å². The average molecular weight is 351 g/mol. The van der Waals surface area contributed by atoms with Crippen LogP contribution in [0.15, 0.2) is 0 Å². The fourth-order valence-corrected chi connectivity index (χ4v) is 0. The first-order valence-electron chi connectivity index (χ1n) is 0.730. The Morgan fingerprint density at radius 3 is 1.14 bits per heavy atom. The van der Waals surface area contributed by atoms with E-state index in [4.69, 9.17) is 19.2 Å². The van der Waals surface area contributed by atoms with Gasteiger partial charge in [0.25, 0.3) is 0 Å². The van der Waals surface area contributed by atoms with Crippen LogP contribution in [0.2, 0.25) is 0 Å². The molecule has 0 atom stereocenters. The van der Waals surface area contributed by atoms with Crippen molar-refractivity contribution in [3.63, 3.8) is 0 Å². The number of phosphoric acid groups is 1. The van der Waals surface area contributed by atoms with Crippen molar-refractivity contribution < 1.29 is 58.4 Å². The first kappa shape index (κ1) is 15.8. The van der Waals surface area contributed by atoms with Crippen molar-refractivity contribution >= 4 is 7.82 Å². The van der Waals surface area contributed by atoms with Crippen molar-refractivity contribution in [1.82, 2.24) is 0 Å². The minimum absolute atomic E-state index is 0. The average Bonchev–Trinajstić information content (AvgIpc) is 0.722. The van der Waals surface area contributed by atoms with Gasteiger partial charge in [-0.1, -0.05) is 0 Å². The predicted octanol–water partition coefficient (Wildman–Crippen LogP) is -2.83. The van der Waals surface area contributed by atoms with Gasteiger partial charge in [-0.3, -0.25) is 0 Å². The van der Waals surface area contributed by atoms with Crippen molar-refractivity contribution in [3.05, 3.63) is 0 Å². The molecule has 0 fully saturated rings. The fraction of sp³-hybridized carbons (Fsp3) is 0. The Labute approximate surface area is 66.3 Å². The normalized spacial score (nSPS) is 8.43. The van der Waals surface area contributed by atoms with Crippen molar-refractivity contribution in [1.29, 1.82) is 0 Å². The fourth-order valence-electron chi connectivity index (χ4n) is 0. The van der Waals surface area contributed by atoms with Gasteiger partial charge in [-0.15, -0.1) is 0 Å². The van der Waals surface area contributed by atoms with Crippen LogP contribution in [0, 0.1) is 0 Å². The number of rotatable bonds is 0. The molecule has 0 amide bonds. The zero-order valence-corrected chi connectivity index (χ0v) is 6.82. The Morgan fingerprint density at radius 2 is 1.14 bits per heavy atom. The maximum absolute atomic E-state index is 8.55. The summed E-state index contributed by atoms with van der Waals surface area (Å²) in [5, 5.41) is 0. The Morgan fingerprint density at radius 1 is 1.14 bits per heavy atom. The van der Waals surface area contributed by atoms with Gasteiger partial charge in [-0.2, -0.15) is 7.82 Å². The van der Waals surface area contributed by atoms with E-state index >= 15 is 0 Å². The van der Waals surface area contributed by atoms with Crippen LogP contribution in [0.4, 0.5) is 0 Å². The molecule has 7 heteroatoms. The van der Waals surface area contributed by atoms with Crippen LogP contribution in [0.3, 0.4) is 0 Å². The van der Waals surface area contributed by atoms with E-state index in [1.54, 1.807) is 0 Å². The Balaban J connectivity index is -0.0000000800. The summed E-state index contributed by atoms with van der Waals surface area (Å²) >= 11 is 0. The first-order chi connectivity index (χ1) is 2.00. The smallest absolute Gasteiger partial charge is 0.822 e. The summed E-state index contributed by atoms with van der Waals surface area (Å²) in [4.78, 5) is 25.6. The Bertz CT molecular complexity index is 57.8. The molecular formula is AuCoO4P+2. The molecular weight excluding hydrogens is 351 g/mol. The van der Waals surface area contributed by atoms with Gasteiger partial charge < -0.3 is 19.2 Å². The molecule has 0 aromatic carbocycles. The summed E-state index contributed by atoms with van der Waals surface area (Å²) in [7, 11) is -5.39. The summed E-state index contributed by atoms with van der Waals surface area (Å²) in [5.74, 6) is 0. The molecule has 1 radical (unpaired) electrons. The largest absolute Gasteiger partial charge is 3.00 e. The minimum atomic E-state index is -5.39. The molecule has 0 aromatic rings. The van der Waals surface area contributed by atoms with E-state index in [0.29, 0.717) is 0 Å². The number of hydrogen-bond donors (Lipinski definition) is 0. The maximum atomic E-state index is 8.55. The molecule has 0 aliphatic rings. The van der Waals surface area contributed by atoms with Crippen molar-refractivity contribution in [2.75, 3.05) is 0 Å². The minimum Gasteiger partial charge on any atom is -0.822 e. The van der Waals surface area contributed by atoms with E-state index in [0.717, 1.165) is 0 Å². The van der Waals surface area contributed by atoms with Gasteiger partial charge in [-0.25, -0.2) is 0 Å². The summed E-state index contributed by atoms with van der Waals surface area (Å²) in [5.41, 5.74) is 0. The third-order valence-corrected chi connectivity index (χ3v) is 0. The van der Waals surface area contributed by atoms with Crippen LogP contribution >= 0.6 is 7.82 Å². The van der Waals surface area contributed by atoms with E-state index in [-0.39, 0.29) is 39.2 Å². The van der Waals surface area contributed by atoms with Gasteiger partial charge in [-0.05, 0) is 0 Å². The van der Waals surface area contributed by atoms with Gasteiger partial charge in [0.15, 0.2) is 0 Å². The second-order valence-electron chi connectivity index (χ2n) is 0.447. The van der Waals surface area contributed by atoms with E-state index in [1.165, 1.54) is 0 Å². The van der Waals surface area contributed by atoms with E-state index in [1.807, 2.05) is 0 Å². The summed E-state index contributed by atoms with van der Waals surface area (Å²) in [6.07, 6.45) is 0. The molecule has 47 valence electrons. The quantitative estimate of drug-likeness (QED) is 0.348. The Kier molecular flexibility index (Phi) is 12.4. The molecule has 0 saturated heterocycles. The van der Waals surface area contributed by atoms with Crippen molar-refractivity contribution in [3.8, 4) is 0 Å². The third-order valence-electron chi connectivity index (χ3n) is 0. The van der Waals surface area contributed by atoms with Crippen LogP contribution < -0.4 is 14.7 Å². The summed E-state index contributed by atoms with van der Waals surface area (Å²) in [6.45, 7) is 0. The van der Waals surface area contributed by atoms with Crippen LogP contribution in [-0.4, -0.2) is 0 Å². The monoisotopic (exact) mass is 351 g/mol. The molecule has 0 saturated carbocycles. The standard InChI is InChI=1S/Au.Co.H3O4P/c;;1-5(2,3)4/h;;(H3,1,2,3,4)/q+3;+2;/p-3. The van der Waals surface area contributed by atoms with Crippen molar-refractivity contribution in [2.45, 2.75) is 0 Å². The van der Waals surface area contributed by atoms with E-state index in [2.05, 4.69) is 0 Å². The second kappa shape index (κ2) is 5.49. The second-order valence-corrected chi connectivity index (χ2v) is 1.34. The third kappa shape index (κ3) is 115. The molecule has 0 aliphatic heterocycles. The molecule has 0 spiro atoms. The van der Waals surface area contributed by atoms with Gasteiger partial charge in [0.05, 0.1) is 0 Å². The van der Waals surface area contributed by atoms with Gasteiger partial charge in [0, 0.05) is 0 Å². The zero-order chi connectivity index (χ0) is 4.50. The molecule has 0 rings (SSSR count). The Hall–Kier alpha value is 1.36. The summed E-state index contributed by atoms with van der Waals surface area (Å²) < 4.78 is 8.55. The van der Waals surface area contributed by atoms with Crippen LogP contribution in [0.5, 0.6) is 0 Å². The molecule has 7 heavy (non-hydrogen) atoms. The molecule has 0 aromatic heterocycles. The molecule has 4 nitrogen and oxygen atoms in total. The van der Waals surface area contributed by atoms with Crippen molar-refractivity contribution in [2.24, 2.45) is 0 Å². The van der Waals surface area contributed by atoms with E-state index < -0.39 is 7.82 Å². The van der Waals surface area contributed by atoms with Crippen LogP contribution in [-0.2, 0) is 43.7 Å². The SMILES string of the molecule is O=P([O-])([O-])[O-].[Au+3].[Co+2]. The van der Waals surface area contributed by atoms with Crippen LogP contribution in [0.25, 0.3) is 0 Å². The number of hydrogen-bond acceptors (Lipinski definition) is 4. The van der Waals surface area contributed by atoms with Gasteiger partial charge in [0.2, 0.25) is 0 Å². The zero-order valence-electron chi connectivity index (χ0n) is 2.72. The molecule has 0 unspecified atom stereocenters. The van der Waals surface area contributed by atoms with Crippen LogP contribution in [0.1, 0.15) is 0 Å². The molecule has 0 heterocycles. The molecule has 0 aliphatic carbocycles. The van der Waals surface area contributed by atoms with E-state index in [9.17, 15) is 0 Å². The molecule has 0 bridgehead atoms. The molecule has 0 N–H and O–H groups in total. The predicted molar refractivity (Wildman–Crippen MR) is 7.61 cm³/mol. The maximum Gasteiger partial charge on any atom is 3.00 e. The summed E-state index contributed by atoms with van der Waals surface area (Å²) in [6, 6.07) is 0. The first-order valence-corrected chi connectivity index (χ1v) is 2.19. The topological polar surface area (TPSA) is 86.2 Å². The van der Waals surface area contributed by atoms with Gasteiger partial charge in [0.1, 0.15) is 0 Å².